The van der Waals surface area contributed by atoms with Gasteiger partial charge in [0.05, 0.1) is 32.5 Å². The third kappa shape index (κ3) is 4.47. The van der Waals surface area contributed by atoms with Gasteiger partial charge in [-0.25, -0.2) is 4.98 Å². The van der Waals surface area contributed by atoms with Crippen LogP contribution in [0.2, 0.25) is 5.02 Å². The standard InChI is InChI=1S/C27H30ClN5O3/c1-27(13-24(34)36-4)16-33(22-8-6-5-7-19(22)27)25-20(28)14-29-26(31-25)30-21-11-18-15-32(2)10-9-17(18)12-23(21)35-3/h5-8,11-12,14H,9-10,13,15-16H2,1-4H3,(H,29,30,31)/t27-/m0/s1. The largest absolute Gasteiger partial charge is 0.495 e. The Morgan fingerprint density at radius 2 is 2.03 bits per heavy atom. The molecule has 1 N–H and O–H groups in total. The number of para-hydroxylation sites is 1. The highest BCUT2D eigenvalue weighted by atomic mass is 35.5. The van der Waals surface area contributed by atoms with E-state index < -0.39 is 5.41 Å². The molecule has 0 saturated heterocycles. The summed E-state index contributed by atoms with van der Waals surface area (Å²) in [6, 6.07) is 12.2. The van der Waals surface area contributed by atoms with E-state index in [2.05, 4.69) is 41.3 Å². The van der Waals surface area contributed by atoms with Crippen LogP contribution in [0.5, 0.6) is 5.75 Å². The first-order valence-electron chi connectivity index (χ1n) is 11.9. The third-order valence-corrected chi connectivity index (χ3v) is 7.33. The molecule has 0 bridgehead atoms. The fraction of sp³-hybridized carbons (Fsp3) is 0.370. The summed E-state index contributed by atoms with van der Waals surface area (Å²) in [5.41, 5.74) is 4.93. The quantitative estimate of drug-likeness (QED) is 0.475. The van der Waals surface area contributed by atoms with E-state index >= 15 is 0 Å². The van der Waals surface area contributed by atoms with Crippen LogP contribution in [-0.4, -0.2) is 55.2 Å². The Morgan fingerprint density at radius 3 is 2.81 bits per heavy atom. The molecule has 3 aromatic rings. The number of anilines is 4. The van der Waals surface area contributed by atoms with Gasteiger partial charge < -0.3 is 24.6 Å². The zero-order valence-corrected chi connectivity index (χ0v) is 21.7. The van der Waals surface area contributed by atoms with Crippen molar-refractivity contribution in [3.8, 4) is 5.75 Å². The van der Waals surface area contributed by atoms with Crippen LogP contribution < -0.4 is 15.0 Å². The lowest BCUT2D eigenvalue weighted by Gasteiger charge is -2.27. The predicted molar refractivity (Wildman–Crippen MR) is 141 cm³/mol. The zero-order chi connectivity index (χ0) is 25.4. The molecule has 0 spiro atoms. The summed E-state index contributed by atoms with van der Waals surface area (Å²) in [5.74, 6) is 1.48. The second kappa shape index (κ2) is 9.59. The van der Waals surface area contributed by atoms with E-state index in [0.29, 0.717) is 23.3 Å². The number of hydrogen-bond donors (Lipinski definition) is 1. The van der Waals surface area contributed by atoms with Gasteiger partial charge in [-0.3, -0.25) is 4.79 Å². The first kappa shape index (κ1) is 24.3. The number of nitrogens with one attached hydrogen (secondary N) is 1. The minimum atomic E-state index is -0.445. The third-order valence-electron chi connectivity index (χ3n) is 7.07. The Bertz CT molecular complexity index is 1320. The van der Waals surface area contributed by atoms with Crippen molar-refractivity contribution in [3.63, 3.8) is 0 Å². The number of ether oxygens (including phenoxy) is 2. The van der Waals surface area contributed by atoms with E-state index in [-0.39, 0.29) is 12.4 Å². The highest BCUT2D eigenvalue weighted by molar-refractivity contribution is 6.33. The van der Waals surface area contributed by atoms with Crippen molar-refractivity contribution in [1.29, 1.82) is 0 Å². The smallest absolute Gasteiger partial charge is 0.306 e. The summed E-state index contributed by atoms with van der Waals surface area (Å²) < 4.78 is 10.7. The van der Waals surface area contributed by atoms with Crippen molar-refractivity contribution in [2.24, 2.45) is 0 Å². The Kier molecular flexibility index (Phi) is 6.49. The molecule has 3 heterocycles. The van der Waals surface area contributed by atoms with Gasteiger partial charge in [0, 0.05) is 30.7 Å². The molecule has 1 atom stereocenters. The van der Waals surface area contributed by atoms with Crippen LogP contribution >= 0.6 is 11.6 Å². The second-order valence-electron chi connectivity index (χ2n) is 9.72. The molecule has 1 aromatic heterocycles. The summed E-state index contributed by atoms with van der Waals surface area (Å²) in [6.45, 7) is 4.50. The SMILES string of the molecule is COC(=O)C[C@@]1(C)CN(c2nc(Nc3cc4c(cc3OC)CCN(C)C4)ncc2Cl)c2ccccc21. The Labute approximate surface area is 216 Å². The number of esters is 1. The Balaban J connectivity index is 1.49. The molecule has 2 aromatic carbocycles. The molecule has 0 radical (unpaired) electrons. The maximum atomic E-state index is 12.2. The number of hydrogen-bond acceptors (Lipinski definition) is 8. The molecule has 2 aliphatic rings. The number of carbonyl (C=O) groups excluding carboxylic acids is 1. The zero-order valence-electron chi connectivity index (χ0n) is 21.0. The summed E-state index contributed by atoms with van der Waals surface area (Å²) in [7, 11) is 5.20. The van der Waals surface area contributed by atoms with Gasteiger partial charge in [0.15, 0.2) is 5.82 Å². The minimum Gasteiger partial charge on any atom is -0.495 e. The number of rotatable bonds is 6. The van der Waals surface area contributed by atoms with Crippen LogP contribution in [0.25, 0.3) is 0 Å². The van der Waals surface area contributed by atoms with Gasteiger partial charge in [0.1, 0.15) is 10.8 Å². The number of benzene rings is 2. The number of methoxy groups -OCH3 is 2. The summed E-state index contributed by atoms with van der Waals surface area (Å²) in [6.07, 6.45) is 2.85. The number of aromatic nitrogens is 2. The van der Waals surface area contributed by atoms with Gasteiger partial charge in [0.25, 0.3) is 0 Å². The van der Waals surface area contributed by atoms with Gasteiger partial charge in [-0.15, -0.1) is 0 Å². The second-order valence-corrected chi connectivity index (χ2v) is 10.1. The molecule has 8 nitrogen and oxygen atoms in total. The topological polar surface area (TPSA) is 79.8 Å². The number of halogens is 1. The number of nitrogens with zero attached hydrogens (tertiary/aromatic N) is 4. The van der Waals surface area contributed by atoms with E-state index in [1.807, 2.05) is 29.2 Å². The van der Waals surface area contributed by atoms with Crippen molar-refractivity contribution in [2.45, 2.75) is 31.7 Å². The highest BCUT2D eigenvalue weighted by Gasteiger charge is 2.42. The molecule has 0 saturated carbocycles. The van der Waals surface area contributed by atoms with Crippen molar-refractivity contribution in [3.05, 3.63) is 64.3 Å². The average molecular weight is 508 g/mol. The molecule has 9 heteroatoms. The van der Waals surface area contributed by atoms with Gasteiger partial charge >= 0.3 is 5.97 Å². The summed E-state index contributed by atoms with van der Waals surface area (Å²) in [5, 5.41) is 3.77. The van der Waals surface area contributed by atoms with Gasteiger partial charge in [-0.1, -0.05) is 36.7 Å². The number of likely N-dealkylation sites (N-methyl/N-ethyl adjacent to an activating group) is 1. The summed E-state index contributed by atoms with van der Waals surface area (Å²) >= 11 is 6.63. The fourth-order valence-corrected chi connectivity index (χ4v) is 5.39. The fourth-order valence-electron chi connectivity index (χ4n) is 5.19. The first-order chi connectivity index (χ1) is 17.3. The summed E-state index contributed by atoms with van der Waals surface area (Å²) in [4.78, 5) is 25.8. The Morgan fingerprint density at radius 1 is 1.22 bits per heavy atom. The van der Waals surface area contributed by atoms with E-state index in [1.54, 1.807) is 13.3 Å². The number of carbonyl (C=O) groups is 1. The van der Waals surface area contributed by atoms with Crippen molar-refractivity contribution in [2.75, 3.05) is 44.6 Å². The molecule has 188 valence electrons. The van der Waals surface area contributed by atoms with E-state index in [1.165, 1.54) is 18.2 Å². The molecule has 0 fully saturated rings. The molecular formula is C27H30ClN5O3. The highest BCUT2D eigenvalue weighted by Crippen LogP contribution is 2.47. The van der Waals surface area contributed by atoms with Crippen molar-refractivity contribution in [1.82, 2.24) is 14.9 Å². The van der Waals surface area contributed by atoms with Crippen LogP contribution in [0.3, 0.4) is 0 Å². The van der Waals surface area contributed by atoms with E-state index in [0.717, 1.165) is 42.2 Å². The van der Waals surface area contributed by atoms with Crippen LogP contribution in [-0.2, 0) is 27.9 Å². The molecule has 2 aliphatic heterocycles. The maximum absolute atomic E-state index is 12.2. The number of fused-ring (bicyclic) bond motifs is 2. The lowest BCUT2D eigenvalue weighted by molar-refractivity contribution is -0.141. The van der Waals surface area contributed by atoms with Crippen LogP contribution in [0.15, 0.2) is 42.6 Å². The molecule has 0 amide bonds. The lowest BCUT2D eigenvalue weighted by atomic mass is 9.81. The van der Waals surface area contributed by atoms with Crippen molar-refractivity contribution < 1.29 is 14.3 Å². The van der Waals surface area contributed by atoms with Crippen LogP contribution in [0, 0.1) is 0 Å². The Hall–Kier alpha value is -3.36. The average Bonchev–Trinajstić information content (AvgIpc) is 3.16. The minimum absolute atomic E-state index is 0.254. The van der Waals surface area contributed by atoms with Crippen LogP contribution in [0.4, 0.5) is 23.1 Å². The van der Waals surface area contributed by atoms with Gasteiger partial charge in [-0.05, 0) is 48.4 Å². The molecular weight excluding hydrogens is 478 g/mol. The van der Waals surface area contributed by atoms with Gasteiger partial charge in [0.2, 0.25) is 5.95 Å². The van der Waals surface area contributed by atoms with Gasteiger partial charge in [-0.2, -0.15) is 4.98 Å². The first-order valence-corrected chi connectivity index (χ1v) is 12.3. The lowest BCUT2D eigenvalue weighted by Crippen LogP contribution is -2.32. The van der Waals surface area contributed by atoms with Crippen molar-refractivity contribution >= 4 is 40.7 Å². The molecule has 0 aliphatic carbocycles. The molecule has 36 heavy (non-hydrogen) atoms. The maximum Gasteiger partial charge on any atom is 0.306 e. The van der Waals surface area contributed by atoms with E-state index in [9.17, 15) is 4.79 Å². The predicted octanol–water partition coefficient (Wildman–Crippen LogP) is 4.84. The van der Waals surface area contributed by atoms with Crippen LogP contribution in [0.1, 0.15) is 30.0 Å². The monoisotopic (exact) mass is 507 g/mol. The normalized spacial score (nSPS) is 19.0. The van der Waals surface area contributed by atoms with E-state index in [4.69, 9.17) is 26.1 Å². The molecule has 5 rings (SSSR count). The molecule has 0 unspecified atom stereocenters.